The van der Waals surface area contributed by atoms with Gasteiger partial charge in [0.15, 0.2) is 5.82 Å². The number of carbonyl (C=O) groups excluding carboxylic acids is 1. The molecule has 0 atom stereocenters. The molecule has 3 heterocycles. The first-order valence-corrected chi connectivity index (χ1v) is 9.93. The molecule has 0 aliphatic rings. The zero-order chi connectivity index (χ0) is 21.8. The number of fused-ring (bicyclic) bond motifs is 1. The number of ether oxygens (including phenoxy) is 1. The van der Waals surface area contributed by atoms with Crippen LogP contribution in [-0.4, -0.2) is 36.8 Å². The number of benzene rings is 1. The predicted octanol–water partition coefficient (Wildman–Crippen LogP) is 4.12. The molecule has 158 valence electrons. The van der Waals surface area contributed by atoms with Gasteiger partial charge in [0.1, 0.15) is 5.82 Å². The number of aromatic nitrogens is 5. The van der Waals surface area contributed by atoms with E-state index in [1.165, 1.54) is 0 Å². The number of hydrogen-bond donors (Lipinski definition) is 1. The Morgan fingerprint density at radius 3 is 2.68 bits per heavy atom. The summed E-state index contributed by atoms with van der Waals surface area (Å²) >= 11 is 0. The second-order valence-corrected chi connectivity index (χ2v) is 7.31. The van der Waals surface area contributed by atoms with Crippen molar-refractivity contribution < 1.29 is 9.53 Å². The van der Waals surface area contributed by atoms with Gasteiger partial charge in [-0.05, 0) is 44.0 Å². The molecule has 31 heavy (non-hydrogen) atoms. The van der Waals surface area contributed by atoms with Crippen LogP contribution in [0.1, 0.15) is 25.0 Å². The Labute approximate surface area is 179 Å². The molecular weight excluding hydrogens is 394 g/mol. The average Bonchev–Trinajstić information content (AvgIpc) is 3.15. The predicted molar refractivity (Wildman–Crippen MR) is 117 cm³/mol. The van der Waals surface area contributed by atoms with Crippen LogP contribution >= 0.6 is 0 Å². The molecule has 1 aromatic carbocycles. The summed E-state index contributed by atoms with van der Waals surface area (Å²) in [6.07, 6.45) is 4.25. The van der Waals surface area contributed by atoms with Crippen LogP contribution in [-0.2, 0) is 11.3 Å². The normalized spacial score (nSPS) is 11.0. The Bertz CT molecular complexity index is 1190. The van der Waals surface area contributed by atoms with E-state index in [1.54, 1.807) is 36.8 Å². The fourth-order valence-electron chi connectivity index (χ4n) is 3.12. The third-order valence-corrected chi connectivity index (χ3v) is 4.48. The van der Waals surface area contributed by atoms with Crippen molar-refractivity contribution >= 4 is 29.3 Å². The van der Waals surface area contributed by atoms with Crippen molar-refractivity contribution in [2.24, 2.45) is 0 Å². The number of anilines is 3. The molecule has 1 amide bonds. The van der Waals surface area contributed by atoms with Gasteiger partial charge >= 0.3 is 6.09 Å². The van der Waals surface area contributed by atoms with Crippen molar-refractivity contribution in [2.75, 3.05) is 10.2 Å². The van der Waals surface area contributed by atoms with Crippen molar-refractivity contribution in [3.8, 4) is 0 Å². The molecule has 4 aromatic rings. The Kier molecular flexibility index (Phi) is 5.74. The molecule has 0 unspecified atom stereocenters. The van der Waals surface area contributed by atoms with Crippen molar-refractivity contribution in [3.05, 3.63) is 72.2 Å². The molecule has 9 nitrogen and oxygen atoms in total. The SMILES string of the molecule is Cc1ccnc(N(Cc2ccccc2)c2nccn3c(NC(=O)OC(C)C)nnc23)c1. The lowest BCUT2D eigenvalue weighted by Gasteiger charge is -2.23. The van der Waals surface area contributed by atoms with Crippen LogP contribution in [0.4, 0.5) is 22.4 Å². The topological polar surface area (TPSA) is 97.5 Å². The van der Waals surface area contributed by atoms with Gasteiger partial charge in [-0.3, -0.25) is 9.72 Å². The van der Waals surface area contributed by atoms with E-state index >= 15 is 0 Å². The molecule has 0 aliphatic heterocycles. The van der Waals surface area contributed by atoms with E-state index in [1.807, 2.05) is 54.3 Å². The van der Waals surface area contributed by atoms with Crippen LogP contribution in [0.5, 0.6) is 0 Å². The van der Waals surface area contributed by atoms with Gasteiger partial charge in [0.2, 0.25) is 11.6 Å². The standard InChI is InChI=1S/C22H23N7O2/c1-15(2)31-22(30)25-21-27-26-20-19(24-11-12-28(20)21)29(14-17-7-5-4-6-8-17)18-13-16(3)9-10-23-18/h4-13,15H,14H2,1-3H3,(H,25,27,30). The number of nitrogens with zero attached hydrogens (tertiary/aromatic N) is 6. The summed E-state index contributed by atoms with van der Waals surface area (Å²) in [6, 6.07) is 14.0. The first kappa shape index (κ1) is 20.3. The van der Waals surface area contributed by atoms with Crippen molar-refractivity contribution in [1.29, 1.82) is 0 Å². The minimum absolute atomic E-state index is 0.245. The first-order valence-electron chi connectivity index (χ1n) is 9.93. The van der Waals surface area contributed by atoms with Crippen molar-refractivity contribution in [2.45, 2.75) is 33.4 Å². The van der Waals surface area contributed by atoms with Crippen LogP contribution in [0.3, 0.4) is 0 Å². The average molecular weight is 417 g/mol. The highest BCUT2D eigenvalue weighted by atomic mass is 16.6. The summed E-state index contributed by atoms with van der Waals surface area (Å²) in [6.45, 7) is 6.11. The molecule has 1 N–H and O–H groups in total. The Morgan fingerprint density at radius 1 is 1.13 bits per heavy atom. The third kappa shape index (κ3) is 4.61. The third-order valence-electron chi connectivity index (χ3n) is 4.48. The maximum absolute atomic E-state index is 12.0. The molecule has 0 aliphatic carbocycles. The number of pyridine rings is 1. The molecule has 0 bridgehead atoms. The molecule has 0 spiro atoms. The zero-order valence-electron chi connectivity index (χ0n) is 17.6. The van der Waals surface area contributed by atoms with Gasteiger partial charge in [-0.1, -0.05) is 30.3 Å². The Hall–Kier alpha value is -4.01. The first-order chi connectivity index (χ1) is 15.0. The minimum Gasteiger partial charge on any atom is -0.447 e. The van der Waals surface area contributed by atoms with Gasteiger partial charge in [-0.15, -0.1) is 10.2 Å². The van der Waals surface area contributed by atoms with Gasteiger partial charge in [0.05, 0.1) is 12.6 Å². The number of carbonyl (C=O) groups is 1. The van der Waals surface area contributed by atoms with Crippen LogP contribution in [0.15, 0.2) is 61.1 Å². The zero-order valence-corrected chi connectivity index (χ0v) is 17.6. The second kappa shape index (κ2) is 8.78. The molecule has 9 heteroatoms. The quantitative estimate of drug-likeness (QED) is 0.504. The maximum atomic E-state index is 12.0. The number of amides is 1. The van der Waals surface area contributed by atoms with E-state index in [0.29, 0.717) is 18.0 Å². The summed E-state index contributed by atoms with van der Waals surface area (Å²) in [5, 5.41) is 11.0. The van der Waals surface area contributed by atoms with Crippen LogP contribution < -0.4 is 10.2 Å². The van der Waals surface area contributed by atoms with Gasteiger partial charge in [0, 0.05) is 18.6 Å². The molecule has 0 saturated heterocycles. The van der Waals surface area contributed by atoms with Gasteiger partial charge in [0.25, 0.3) is 0 Å². The number of rotatable bonds is 6. The van der Waals surface area contributed by atoms with E-state index < -0.39 is 6.09 Å². The molecule has 0 fully saturated rings. The van der Waals surface area contributed by atoms with E-state index in [0.717, 1.165) is 16.9 Å². The van der Waals surface area contributed by atoms with E-state index in [4.69, 9.17) is 4.74 Å². The second-order valence-electron chi connectivity index (χ2n) is 7.31. The largest absolute Gasteiger partial charge is 0.447 e. The number of aryl methyl sites for hydroxylation is 1. The lowest BCUT2D eigenvalue weighted by atomic mass is 10.2. The Morgan fingerprint density at radius 2 is 1.94 bits per heavy atom. The summed E-state index contributed by atoms with van der Waals surface area (Å²) in [5.41, 5.74) is 2.66. The van der Waals surface area contributed by atoms with E-state index in [9.17, 15) is 4.79 Å². The molecule has 0 saturated carbocycles. The lowest BCUT2D eigenvalue weighted by molar-refractivity contribution is 0.129. The molecular formula is C22H23N7O2. The van der Waals surface area contributed by atoms with E-state index in [-0.39, 0.29) is 12.1 Å². The summed E-state index contributed by atoms with van der Waals surface area (Å²) in [7, 11) is 0. The van der Waals surface area contributed by atoms with Crippen molar-refractivity contribution in [1.82, 2.24) is 24.6 Å². The molecule has 3 aromatic heterocycles. The Balaban J connectivity index is 1.76. The van der Waals surface area contributed by atoms with E-state index in [2.05, 4.69) is 25.5 Å². The van der Waals surface area contributed by atoms with Gasteiger partial charge < -0.3 is 9.64 Å². The number of hydrogen-bond acceptors (Lipinski definition) is 7. The summed E-state index contributed by atoms with van der Waals surface area (Å²) in [5.74, 6) is 1.56. The summed E-state index contributed by atoms with van der Waals surface area (Å²) < 4.78 is 6.81. The highest BCUT2D eigenvalue weighted by molar-refractivity contribution is 5.83. The molecule has 0 radical (unpaired) electrons. The monoisotopic (exact) mass is 417 g/mol. The minimum atomic E-state index is -0.593. The highest BCUT2D eigenvalue weighted by Gasteiger charge is 2.20. The lowest BCUT2D eigenvalue weighted by Crippen LogP contribution is -2.21. The maximum Gasteiger partial charge on any atom is 0.414 e. The fraction of sp³-hybridized carbons (Fsp3) is 0.227. The fourth-order valence-corrected chi connectivity index (χ4v) is 3.12. The van der Waals surface area contributed by atoms with Crippen LogP contribution in [0.2, 0.25) is 0 Å². The van der Waals surface area contributed by atoms with Crippen LogP contribution in [0.25, 0.3) is 5.65 Å². The van der Waals surface area contributed by atoms with Gasteiger partial charge in [-0.25, -0.2) is 14.8 Å². The van der Waals surface area contributed by atoms with Crippen LogP contribution in [0, 0.1) is 6.92 Å². The highest BCUT2D eigenvalue weighted by Crippen LogP contribution is 2.28. The summed E-state index contributed by atoms with van der Waals surface area (Å²) in [4.78, 5) is 23.1. The van der Waals surface area contributed by atoms with Gasteiger partial charge in [-0.2, -0.15) is 0 Å². The number of nitrogens with one attached hydrogen (secondary N) is 1. The molecule has 4 rings (SSSR count). The van der Waals surface area contributed by atoms with Crippen molar-refractivity contribution in [3.63, 3.8) is 0 Å². The smallest absolute Gasteiger partial charge is 0.414 e.